The van der Waals surface area contributed by atoms with E-state index in [9.17, 15) is 0 Å². The summed E-state index contributed by atoms with van der Waals surface area (Å²) in [6, 6.07) is 17.7. The van der Waals surface area contributed by atoms with Crippen molar-refractivity contribution in [2.75, 3.05) is 0 Å². The molecule has 0 heterocycles. The van der Waals surface area contributed by atoms with Crippen LogP contribution >= 0.6 is 0 Å². The molecule has 0 aromatic heterocycles. The quantitative estimate of drug-likeness (QED) is 0.863. The maximum Gasteiger partial charge on any atom is 0.0300 e. The molecule has 1 aliphatic carbocycles. The van der Waals surface area contributed by atoms with Crippen LogP contribution in [0.4, 0.5) is 0 Å². The van der Waals surface area contributed by atoms with Gasteiger partial charge in [-0.05, 0) is 46.9 Å². The van der Waals surface area contributed by atoms with Gasteiger partial charge in [0, 0.05) is 6.04 Å². The third-order valence-corrected chi connectivity index (χ3v) is 4.53. The van der Waals surface area contributed by atoms with Gasteiger partial charge in [-0.3, -0.25) is 0 Å². The number of fused-ring (bicyclic) bond motifs is 1. The second-order valence-electron chi connectivity index (χ2n) is 6.26. The zero-order valence-corrected chi connectivity index (χ0v) is 12.3. The highest BCUT2D eigenvalue weighted by molar-refractivity contribution is 5.40. The molecule has 2 N–H and O–H groups in total. The van der Waals surface area contributed by atoms with Crippen molar-refractivity contribution in [3.05, 3.63) is 70.8 Å². The molecule has 1 nitrogen and oxygen atoms in total. The number of rotatable bonds is 4. The second kappa shape index (κ2) is 5.41. The Bertz CT molecular complexity index is 583. The lowest BCUT2D eigenvalue weighted by atomic mass is 9.74. The van der Waals surface area contributed by atoms with Crippen molar-refractivity contribution in [3.63, 3.8) is 0 Å². The van der Waals surface area contributed by atoms with Crippen LogP contribution in [-0.2, 0) is 6.42 Å². The summed E-state index contributed by atoms with van der Waals surface area (Å²) in [5, 5.41) is 0. The van der Waals surface area contributed by atoms with Crippen LogP contribution in [0.25, 0.3) is 0 Å². The second-order valence-corrected chi connectivity index (χ2v) is 6.26. The molecule has 0 fully saturated rings. The van der Waals surface area contributed by atoms with Crippen molar-refractivity contribution in [1.82, 2.24) is 0 Å². The minimum atomic E-state index is 0.148. The average molecular weight is 265 g/mol. The summed E-state index contributed by atoms with van der Waals surface area (Å²) >= 11 is 0. The van der Waals surface area contributed by atoms with E-state index in [1.54, 1.807) is 0 Å². The van der Waals surface area contributed by atoms with Gasteiger partial charge in [-0.2, -0.15) is 0 Å². The Kier molecular flexibility index (Phi) is 3.62. The third kappa shape index (κ3) is 2.51. The van der Waals surface area contributed by atoms with E-state index in [2.05, 4.69) is 62.4 Å². The van der Waals surface area contributed by atoms with Crippen molar-refractivity contribution < 1.29 is 0 Å². The van der Waals surface area contributed by atoms with Crippen molar-refractivity contribution in [1.29, 1.82) is 0 Å². The number of hydrogen-bond donors (Lipinski definition) is 1. The topological polar surface area (TPSA) is 26.0 Å². The number of nitrogens with two attached hydrogens (primary N) is 1. The van der Waals surface area contributed by atoms with E-state index < -0.39 is 0 Å². The fourth-order valence-electron chi connectivity index (χ4n) is 3.14. The SMILES string of the molecule is CC(C)c1ccc(C(N)CC2Cc3ccccc32)cc1. The largest absolute Gasteiger partial charge is 0.324 e. The molecule has 104 valence electrons. The van der Waals surface area contributed by atoms with Gasteiger partial charge < -0.3 is 5.73 Å². The Balaban J connectivity index is 1.67. The van der Waals surface area contributed by atoms with Crippen LogP contribution in [0.5, 0.6) is 0 Å². The summed E-state index contributed by atoms with van der Waals surface area (Å²) in [6.07, 6.45) is 2.24. The van der Waals surface area contributed by atoms with E-state index in [0.29, 0.717) is 11.8 Å². The first-order valence-electron chi connectivity index (χ1n) is 7.58. The molecule has 0 radical (unpaired) electrons. The van der Waals surface area contributed by atoms with E-state index in [1.165, 1.54) is 28.7 Å². The average Bonchev–Trinajstić information content (AvgIpc) is 2.44. The molecule has 2 atom stereocenters. The van der Waals surface area contributed by atoms with E-state index in [-0.39, 0.29) is 6.04 Å². The standard InChI is InChI=1S/C19H23N/c1-13(2)14-7-9-15(10-8-14)19(20)12-17-11-16-5-3-4-6-18(16)17/h3-10,13,17,19H,11-12,20H2,1-2H3. The van der Waals surface area contributed by atoms with E-state index in [1.807, 2.05) is 0 Å². The molecule has 20 heavy (non-hydrogen) atoms. The zero-order chi connectivity index (χ0) is 14.1. The van der Waals surface area contributed by atoms with Gasteiger partial charge in [0.15, 0.2) is 0 Å². The summed E-state index contributed by atoms with van der Waals surface area (Å²) < 4.78 is 0. The molecule has 2 aromatic rings. The molecule has 2 unspecified atom stereocenters. The lowest BCUT2D eigenvalue weighted by Crippen LogP contribution is -2.22. The van der Waals surface area contributed by atoms with Gasteiger partial charge in [0.2, 0.25) is 0 Å². The van der Waals surface area contributed by atoms with Crippen LogP contribution in [0, 0.1) is 0 Å². The lowest BCUT2D eigenvalue weighted by molar-refractivity contribution is 0.498. The van der Waals surface area contributed by atoms with Crippen molar-refractivity contribution in [2.24, 2.45) is 5.73 Å². The van der Waals surface area contributed by atoms with Crippen LogP contribution in [0.3, 0.4) is 0 Å². The monoisotopic (exact) mass is 265 g/mol. The first-order chi connectivity index (χ1) is 9.65. The highest BCUT2D eigenvalue weighted by Gasteiger charge is 2.27. The summed E-state index contributed by atoms with van der Waals surface area (Å²) in [6.45, 7) is 4.44. The lowest BCUT2D eigenvalue weighted by Gasteiger charge is -2.32. The zero-order valence-electron chi connectivity index (χ0n) is 12.3. The Morgan fingerprint density at radius 3 is 2.30 bits per heavy atom. The van der Waals surface area contributed by atoms with Crippen LogP contribution in [0.1, 0.15) is 60.4 Å². The Morgan fingerprint density at radius 2 is 1.65 bits per heavy atom. The molecule has 0 saturated carbocycles. The van der Waals surface area contributed by atoms with Gasteiger partial charge in [0.05, 0.1) is 0 Å². The Hall–Kier alpha value is -1.60. The van der Waals surface area contributed by atoms with Crippen molar-refractivity contribution in [2.45, 2.75) is 44.6 Å². The fourth-order valence-corrected chi connectivity index (χ4v) is 3.14. The molecule has 0 aliphatic heterocycles. The van der Waals surface area contributed by atoms with Crippen molar-refractivity contribution in [3.8, 4) is 0 Å². The van der Waals surface area contributed by atoms with E-state index >= 15 is 0 Å². The molecule has 1 heteroatoms. The molecule has 0 saturated heterocycles. The maximum atomic E-state index is 6.39. The van der Waals surface area contributed by atoms with Gasteiger partial charge in [-0.15, -0.1) is 0 Å². The number of hydrogen-bond acceptors (Lipinski definition) is 1. The molecule has 0 spiro atoms. The van der Waals surface area contributed by atoms with Gasteiger partial charge in [-0.25, -0.2) is 0 Å². The normalized spacial score (nSPS) is 18.5. The van der Waals surface area contributed by atoms with Crippen LogP contribution in [0.2, 0.25) is 0 Å². The summed E-state index contributed by atoms with van der Waals surface area (Å²) in [5.74, 6) is 1.23. The minimum Gasteiger partial charge on any atom is -0.324 e. The molecule has 0 amide bonds. The van der Waals surface area contributed by atoms with Gasteiger partial charge in [0.1, 0.15) is 0 Å². The van der Waals surface area contributed by atoms with Gasteiger partial charge in [-0.1, -0.05) is 62.4 Å². The summed E-state index contributed by atoms with van der Waals surface area (Å²) in [4.78, 5) is 0. The van der Waals surface area contributed by atoms with Crippen LogP contribution in [-0.4, -0.2) is 0 Å². The summed E-state index contributed by atoms with van der Waals surface area (Å²) in [7, 11) is 0. The van der Waals surface area contributed by atoms with Gasteiger partial charge in [0.25, 0.3) is 0 Å². The predicted octanol–water partition coefficient (Wildman–Crippen LogP) is 4.54. The van der Waals surface area contributed by atoms with Crippen LogP contribution < -0.4 is 5.73 Å². The first kappa shape index (κ1) is 13.4. The van der Waals surface area contributed by atoms with Crippen LogP contribution in [0.15, 0.2) is 48.5 Å². The maximum absolute atomic E-state index is 6.39. The molecule has 1 aliphatic rings. The molecular weight excluding hydrogens is 242 g/mol. The smallest absolute Gasteiger partial charge is 0.0300 e. The fraction of sp³-hybridized carbons (Fsp3) is 0.368. The van der Waals surface area contributed by atoms with Crippen molar-refractivity contribution >= 4 is 0 Å². The van der Waals surface area contributed by atoms with E-state index in [4.69, 9.17) is 5.73 Å². The predicted molar refractivity (Wildman–Crippen MR) is 85.0 cm³/mol. The Labute approximate surface area is 121 Å². The summed E-state index contributed by atoms with van der Waals surface area (Å²) in [5.41, 5.74) is 12.0. The molecular formula is C19H23N. The molecule has 0 bridgehead atoms. The highest BCUT2D eigenvalue weighted by atomic mass is 14.6. The first-order valence-corrected chi connectivity index (χ1v) is 7.58. The molecule has 3 rings (SSSR count). The number of benzene rings is 2. The molecule has 2 aromatic carbocycles. The third-order valence-electron chi connectivity index (χ3n) is 4.53. The Morgan fingerprint density at radius 1 is 1.00 bits per heavy atom. The minimum absolute atomic E-state index is 0.148. The van der Waals surface area contributed by atoms with E-state index in [0.717, 1.165) is 6.42 Å². The highest BCUT2D eigenvalue weighted by Crippen LogP contribution is 2.40. The van der Waals surface area contributed by atoms with Gasteiger partial charge >= 0.3 is 0 Å².